The van der Waals surface area contributed by atoms with Crippen LogP contribution in [0, 0.1) is 6.92 Å². The van der Waals surface area contributed by atoms with E-state index in [2.05, 4.69) is 20.9 Å². The van der Waals surface area contributed by atoms with E-state index in [0.29, 0.717) is 17.1 Å². The maximum atomic E-state index is 12.5. The Morgan fingerprint density at radius 1 is 0.815 bits per heavy atom. The lowest BCUT2D eigenvalue weighted by atomic mass is 10.2. The van der Waals surface area contributed by atoms with Gasteiger partial charge in [-0.15, -0.1) is 0 Å². The minimum absolute atomic E-state index is 0.145. The number of aromatic nitrogens is 1. The Morgan fingerprint density at radius 3 is 2.15 bits per heavy atom. The average molecular weight is 360 g/mol. The van der Waals surface area contributed by atoms with Gasteiger partial charge in [-0.25, -0.2) is 0 Å². The van der Waals surface area contributed by atoms with Crippen molar-refractivity contribution in [3.05, 3.63) is 78.1 Å². The average Bonchev–Trinajstić information content (AvgIpc) is 2.63. The van der Waals surface area contributed by atoms with Gasteiger partial charge >= 0.3 is 0 Å². The number of nitrogens with zero attached hydrogens (tertiary/aromatic N) is 1. The fourth-order valence-electron chi connectivity index (χ4n) is 2.56. The second-order valence-electron chi connectivity index (χ2n) is 6.14. The van der Waals surface area contributed by atoms with Crippen molar-refractivity contribution >= 4 is 34.6 Å². The summed E-state index contributed by atoms with van der Waals surface area (Å²) in [6, 6.07) is 18.4. The number of carbonyl (C=O) groups is 2. The summed E-state index contributed by atoms with van der Waals surface area (Å²) in [4.78, 5) is 27.7. The summed E-state index contributed by atoms with van der Waals surface area (Å²) in [6.45, 7) is 3.47. The molecule has 0 aliphatic carbocycles. The van der Waals surface area contributed by atoms with Crippen molar-refractivity contribution in [3.63, 3.8) is 0 Å². The third-order valence-corrected chi connectivity index (χ3v) is 3.76. The lowest BCUT2D eigenvalue weighted by Crippen LogP contribution is -2.14. The molecule has 0 spiro atoms. The molecule has 2 amide bonds. The molecule has 1 aromatic heterocycles. The van der Waals surface area contributed by atoms with Crippen molar-refractivity contribution in [3.8, 4) is 0 Å². The summed E-state index contributed by atoms with van der Waals surface area (Å²) in [6.07, 6.45) is 1.59. The molecule has 0 unspecified atom stereocenters. The summed E-state index contributed by atoms with van der Waals surface area (Å²) in [7, 11) is 0. The predicted molar refractivity (Wildman–Crippen MR) is 107 cm³/mol. The maximum absolute atomic E-state index is 12.5. The molecule has 0 saturated heterocycles. The van der Waals surface area contributed by atoms with Crippen molar-refractivity contribution in [1.82, 2.24) is 4.98 Å². The molecule has 0 radical (unpaired) electrons. The van der Waals surface area contributed by atoms with E-state index >= 15 is 0 Å². The molecule has 0 fully saturated rings. The van der Waals surface area contributed by atoms with Gasteiger partial charge in [0.1, 0.15) is 5.69 Å². The van der Waals surface area contributed by atoms with Gasteiger partial charge < -0.3 is 16.0 Å². The van der Waals surface area contributed by atoms with Gasteiger partial charge in [0.05, 0.1) is 0 Å². The summed E-state index contributed by atoms with van der Waals surface area (Å²) in [5.74, 6) is -0.455. The number of aryl methyl sites for hydroxylation is 1. The second kappa shape index (κ2) is 8.14. The molecule has 3 rings (SSSR count). The van der Waals surface area contributed by atoms with Crippen LogP contribution in [0.3, 0.4) is 0 Å². The quantitative estimate of drug-likeness (QED) is 0.632. The van der Waals surface area contributed by atoms with Gasteiger partial charge in [0.25, 0.3) is 5.91 Å². The van der Waals surface area contributed by atoms with Crippen LogP contribution >= 0.6 is 0 Å². The molecule has 0 aliphatic rings. The molecular formula is C21H20N4O2. The number of hydrogen-bond acceptors (Lipinski definition) is 4. The monoisotopic (exact) mass is 360 g/mol. The Bertz CT molecular complexity index is 968. The van der Waals surface area contributed by atoms with Crippen LogP contribution in [0.15, 0.2) is 66.9 Å². The van der Waals surface area contributed by atoms with Crippen LogP contribution in [0.1, 0.15) is 23.0 Å². The second-order valence-corrected chi connectivity index (χ2v) is 6.14. The van der Waals surface area contributed by atoms with Gasteiger partial charge in [-0.2, -0.15) is 0 Å². The molecule has 1 heterocycles. The molecule has 0 atom stereocenters. The number of anilines is 4. The van der Waals surface area contributed by atoms with Gasteiger partial charge in [-0.05, 0) is 61.0 Å². The molecule has 6 nitrogen and oxygen atoms in total. The number of pyridine rings is 1. The minimum Gasteiger partial charge on any atom is -0.355 e. The Labute approximate surface area is 157 Å². The number of rotatable bonds is 5. The van der Waals surface area contributed by atoms with E-state index in [0.717, 1.165) is 16.9 Å². The van der Waals surface area contributed by atoms with Gasteiger partial charge in [0, 0.05) is 35.9 Å². The highest BCUT2D eigenvalue weighted by Gasteiger charge is 2.09. The Morgan fingerprint density at radius 2 is 1.48 bits per heavy atom. The summed E-state index contributed by atoms with van der Waals surface area (Å²) in [5, 5.41) is 8.75. The zero-order chi connectivity index (χ0) is 19.2. The third kappa shape index (κ3) is 5.15. The molecule has 136 valence electrons. The molecule has 3 N–H and O–H groups in total. The van der Waals surface area contributed by atoms with Crippen molar-refractivity contribution in [2.24, 2.45) is 0 Å². The smallest absolute Gasteiger partial charge is 0.274 e. The normalized spacial score (nSPS) is 10.1. The third-order valence-electron chi connectivity index (χ3n) is 3.76. The molecule has 0 bridgehead atoms. The highest BCUT2D eigenvalue weighted by atomic mass is 16.2. The van der Waals surface area contributed by atoms with E-state index < -0.39 is 0 Å². The van der Waals surface area contributed by atoms with Gasteiger partial charge in [-0.1, -0.05) is 12.1 Å². The molecule has 0 saturated carbocycles. The number of nitrogens with one attached hydrogen (secondary N) is 3. The fourth-order valence-corrected chi connectivity index (χ4v) is 2.56. The van der Waals surface area contributed by atoms with Crippen LogP contribution < -0.4 is 16.0 Å². The lowest BCUT2D eigenvalue weighted by Gasteiger charge is -2.09. The highest BCUT2D eigenvalue weighted by Crippen LogP contribution is 2.19. The minimum atomic E-state index is -0.310. The predicted octanol–water partition coefficient (Wildman–Crippen LogP) is 4.34. The zero-order valence-electron chi connectivity index (χ0n) is 15.1. The first-order valence-corrected chi connectivity index (χ1v) is 8.48. The Hall–Kier alpha value is -3.67. The molecule has 6 heteroatoms. The Kier molecular flexibility index (Phi) is 5.47. The maximum Gasteiger partial charge on any atom is 0.274 e. The van der Waals surface area contributed by atoms with E-state index in [4.69, 9.17) is 0 Å². The van der Waals surface area contributed by atoms with Gasteiger partial charge in [-0.3, -0.25) is 14.6 Å². The van der Waals surface area contributed by atoms with E-state index in [1.165, 1.54) is 6.92 Å². The van der Waals surface area contributed by atoms with Crippen molar-refractivity contribution < 1.29 is 9.59 Å². The standard InChI is InChI=1S/C21H20N4O2/c1-14-4-3-5-18(12-14)24-19-10-11-22-20(13-19)21(27)25-17-8-6-16(7-9-17)23-15(2)26/h3-13H,1-2H3,(H,22,24)(H,23,26)(H,25,27). The van der Waals surface area contributed by atoms with Crippen LogP contribution in [0.2, 0.25) is 0 Å². The van der Waals surface area contributed by atoms with Crippen LogP contribution in [-0.2, 0) is 4.79 Å². The van der Waals surface area contributed by atoms with E-state index in [1.54, 1.807) is 42.6 Å². The SMILES string of the molecule is CC(=O)Nc1ccc(NC(=O)c2cc(Nc3cccc(C)c3)ccn2)cc1. The van der Waals surface area contributed by atoms with Crippen molar-refractivity contribution in [1.29, 1.82) is 0 Å². The molecule has 2 aromatic carbocycles. The highest BCUT2D eigenvalue weighted by molar-refractivity contribution is 6.03. The van der Waals surface area contributed by atoms with Crippen molar-refractivity contribution in [2.45, 2.75) is 13.8 Å². The van der Waals surface area contributed by atoms with Crippen molar-refractivity contribution in [2.75, 3.05) is 16.0 Å². The first-order chi connectivity index (χ1) is 13.0. The first-order valence-electron chi connectivity index (χ1n) is 8.48. The van der Waals surface area contributed by atoms with Crippen LogP contribution in [0.25, 0.3) is 0 Å². The number of carbonyl (C=O) groups excluding carboxylic acids is 2. The van der Waals surface area contributed by atoms with Crippen LogP contribution in [-0.4, -0.2) is 16.8 Å². The van der Waals surface area contributed by atoms with Crippen LogP contribution in [0.4, 0.5) is 22.7 Å². The van der Waals surface area contributed by atoms with Gasteiger partial charge in [0.15, 0.2) is 0 Å². The molecule has 3 aromatic rings. The van der Waals surface area contributed by atoms with E-state index in [1.807, 2.05) is 31.2 Å². The Balaban J connectivity index is 1.69. The van der Waals surface area contributed by atoms with Crippen LogP contribution in [0.5, 0.6) is 0 Å². The van der Waals surface area contributed by atoms with E-state index in [9.17, 15) is 9.59 Å². The summed E-state index contributed by atoms with van der Waals surface area (Å²) >= 11 is 0. The summed E-state index contributed by atoms with van der Waals surface area (Å²) < 4.78 is 0. The lowest BCUT2D eigenvalue weighted by molar-refractivity contribution is -0.114. The number of benzene rings is 2. The fraction of sp³-hybridized carbons (Fsp3) is 0.0952. The summed E-state index contributed by atoms with van der Waals surface area (Å²) in [5.41, 5.74) is 4.46. The molecule has 0 aliphatic heterocycles. The number of amides is 2. The molecule has 27 heavy (non-hydrogen) atoms. The molecular weight excluding hydrogens is 340 g/mol. The number of hydrogen-bond donors (Lipinski definition) is 3. The van der Waals surface area contributed by atoms with Gasteiger partial charge in [0.2, 0.25) is 5.91 Å². The topological polar surface area (TPSA) is 83.1 Å². The zero-order valence-corrected chi connectivity index (χ0v) is 15.1. The largest absolute Gasteiger partial charge is 0.355 e. The first kappa shape index (κ1) is 18.1. The van der Waals surface area contributed by atoms with E-state index in [-0.39, 0.29) is 11.8 Å².